The Kier molecular flexibility index (Phi) is 13.4. The molecule has 12 N–H and O–H groups in total. The number of aromatic nitrogens is 2. The fourth-order valence-corrected chi connectivity index (χ4v) is 0.471. The monoisotopic (exact) mass is 419 g/mol. The van der Waals surface area contributed by atoms with E-state index in [2.05, 4.69) is 9.97 Å². The Balaban J connectivity index is -0.000000259. The van der Waals surface area contributed by atoms with E-state index in [9.17, 15) is 4.79 Å². The number of hydrogen-bond donors (Lipinski definition) is 11. The molecule has 0 saturated heterocycles. The molecular formula is C5H16N3O13P3. The summed E-state index contributed by atoms with van der Waals surface area (Å²) in [7, 11) is -13.9. The first-order chi connectivity index (χ1) is 10.2. The fourth-order valence-electron chi connectivity index (χ4n) is 0.471. The second-order valence-corrected chi connectivity index (χ2v) is 6.40. The second-order valence-electron chi connectivity index (χ2n) is 3.32. The number of aryl methyl sites for hydroxylation is 1. The highest BCUT2D eigenvalue weighted by Crippen LogP contribution is 2.26. The van der Waals surface area contributed by atoms with Gasteiger partial charge in [-0.1, -0.05) is 0 Å². The van der Waals surface area contributed by atoms with Crippen molar-refractivity contribution in [1.29, 1.82) is 0 Å². The molecule has 0 atom stereocenters. The third-order valence-electron chi connectivity index (χ3n) is 1.04. The van der Waals surface area contributed by atoms with Crippen molar-refractivity contribution < 1.29 is 57.7 Å². The van der Waals surface area contributed by atoms with Gasteiger partial charge in [-0.15, -0.1) is 0 Å². The van der Waals surface area contributed by atoms with Crippen LogP contribution in [-0.4, -0.2) is 54.0 Å². The third-order valence-corrected chi connectivity index (χ3v) is 1.04. The first-order valence-corrected chi connectivity index (χ1v) is 9.56. The Bertz CT molecular complexity index is 597. The minimum Gasteiger partial charge on any atom is -0.385 e. The molecule has 0 radical (unpaired) electrons. The van der Waals surface area contributed by atoms with E-state index in [-0.39, 0.29) is 0 Å². The number of hydrogen-bond acceptors (Lipinski definition) is 6. The molecule has 0 saturated carbocycles. The van der Waals surface area contributed by atoms with Gasteiger partial charge in [0.15, 0.2) is 0 Å². The number of anilines is 1. The van der Waals surface area contributed by atoms with Gasteiger partial charge in [0.05, 0.1) is 0 Å². The summed E-state index contributed by atoms with van der Waals surface area (Å²) in [6, 6.07) is 0. The van der Waals surface area contributed by atoms with Crippen molar-refractivity contribution in [2.75, 3.05) is 5.73 Å². The van der Waals surface area contributed by atoms with Gasteiger partial charge in [-0.05, 0) is 6.92 Å². The Morgan fingerprint density at radius 2 is 1.12 bits per heavy atom. The number of nitrogen functional groups attached to an aromatic ring is 1. The molecule has 19 heteroatoms. The van der Waals surface area contributed by atoms with Gasteiger partial charge in [0.2, 0.25) is 0 Å². The minimum absolute atomic E-state index is 0.384. The van der Waals surface area contributed by atoms with E-state index < -0.39 is 29.2 Å². The van der Waals surface area contributed by atoms with Crippen molar-refractivity contribution in [1.82, 2.24) is 9.97 Å². The van der Waals surface area contributed by atoms with Gasteiger partial charge in [0, 0.05) is 11.8 Å². The molecule has 0 aromatic carbocycles. The SMILES string of the molecule is Cc1cnc(=O)[nH]c1N.O=P(O)(O)O.O=P(O)(O)O.O=P(O)(O)O. The summed E-state index contributed by atoms with van der Waals surface area (Å²) in [6.07, 6.45) is 1.44. The van der Waals surface area contributed by atoms with Gasteiger partial charge >= 0.3 is 29.2 Å². The van der Waals surface area contributed by atoms with E-state index in [0.717, 1.165) is 5.56 Å². The summed E-state index contributed by atoms with van der Waals surface area (Å²) in [5.74, 6) is 0.384. The number of phosphoric acid groups is 3. The Hall–Kier alpha value is -0.990. The Morgan fingerprint density at radius 1 is 0.875 bits per heavy atom. The second kappa shape index (κ2) is 11.5. The lowest BCUT2D eigenvalue weighted by Gasteiger charge is -1.93. The maximum Gasteiger partial charge on any atom is 0.466 e. The molecule has 1 aromatic heterocycles. The van der Waals surface area contributed by atoms with Crippen LogP contribution in [0.1, 0.15) is 5.56 Å². The molecule has 0 bridgehead atoms. The van der Waals surface area contributed by atoms with Gasteiger partial charge in [-0.25, -0.2) is 23.5 Å². The van der Waals surface area contributed by atoms with Crippen LogP contribution in [0.5, 0.6) is 0 Å². The van der Waals surface area contributed by atoms with E-state index in [1.807, 2.05) is 0 Å². The summed E-state index contributed by atoms with van der Waals surface area (Å²) in [4.78, 5) is 80.9. The molecule has 0 fully saturated rings. The van der Waals surface area contributed by atoms with E-state index in [4.69, 9.17) is 63.5 Å². The molecule has 0 spiro atoms. The molecule has 0 aliphatic carbocycles. The number of aromatic amines is 1. The molecule has 0 amide bonds. The van der Waals surface area contributed by atoms with Crippen LogP contribution in [0.3, 0.4) is 0 Å². The number of H-pyrrole nitrogens is 1. The Morgan fingerprint density at radius 3 is 1.29 bits per heavy atom. The van der Waals surface area contributed by atoms with Crippen molar-refractivity contribution in [3.8, 4) is 0 Å². The van der Waals surface area contributed by atoms with Crippen LogP contribution in [0.2, 0.25) is 0 Å². The maximum atomic E-state index is 10.4. The summed E-state index contributed by atoms with van der Waals surface area (Å²) in [6.45, 7) is 1.78. The van der Waals surface area contributed by atoms with Crippen LogP contribution in [0, 0.1) is 6.92 Å². The van der Waals surface area contributed by atoms with Gasteiger partial charge in [-0.3, -0.25) is 4.98 Å². The van der Waals surface area contributed by atoms with Gasteiger partial charge in [0.25, 0.3) is 0 Å². The largest absolute Gasteiger partial charge is 0.466 e. The lowest BCUT2D eigenvalue weighted by molar-refractivity contribution is 0.272. The summed E-state index contributed by atoms with van der Waals surface area (Å²) < 4.78 is 26.6. The van der Waals surface area contributed by atoms with E-state index in [0.29, 0.717) is 5.82 Å². The average Bonchev–Trinajstić information content (AvgIpc) is 2.16. The number of nitrogens with zero attached hydrogens (tertiary/aromatic N) is 1. The van der Waals surface area contributed by atoms with Crippen LogP contribution >= 0.6 is 23.5 Å². The van der Waals surface area contributed by atoms with Gasteiger partial charge in [-0.2, -0.15) is 0 Å². The highest BCUT2D eigenvalue weighted by Gasteiger charge is 2.01. The van der Waals surface area contributed by atoms with Gasteiger partial charge < -0.3 is 49.8 Å². The van der Waals surface area contributed by atoms with Crippen molar-refractivity contribution in [2.45, 2.75) is 6.92 Å². The topological polar surface area (TPSA) is 305 Å². The molecule has 0 unspecified atom stereocenters. The summed E-state index contributed by atoms with van der Waals surface area (Å²) in [5.41, 5.74) is 5.71. The highest BCUT2D eigenvalue weighted by molar-refractivity contribution is 7.45. The normalized spacial score (nSPS) is 10.9. The molecule has 1 heterocycles. The number of nitrogens with one attached hydrogen (secondary N) is 1. The van der Waals surface area contributed by atoms with E-state index in [1.54, 1.807) is 6.92 Å². The first kappa shape index (κ1) is 27.8. The number of rotatable bonds is 0. The summed E-state index contributed by atoms with van der Waals surface area (Å²) in [5, 5.41) is 0. The zero-order chi connectivity index (χ0) is 20.4. The van der Waals surface area contributed by atoms with Gasteiger partial charge in [0.1, 0.15) is 5.82 Å². The van der Waals surface area contributed by atoms with Crippen LogP contribution in [0.15, 0.2) is 11.0 Å². The van der Waals surface area contributed by atoms with Crippen LogP contribution in [0.4, 0.5) is 5.82 Å². The molecule has 16 nitrogen and oxygen atoms in total. The maximum absolute atomic E-state index is 10.4. The smallest absolute Gasteiger partial charge is 0.385 e. The van der Waals surface area contributed by atoms with Crippen molar-refractivity contribution in [2.24, 2.45) is 0 Å². The molecular weight excluding hydrogens is 403 g/mol. The number of nitrogens with two attached hydrogens (primary N) is 1. The lowest BCUT2D eigenvalue weighted by atomic mass is 10.4. The molecule has 24 heavy (non-hydrogen) atoms. The molecule has 0 aliphatic heterocycles. The Labute approximate surface area is 133 Å². The molecule has 0 aliphatic rings. The quantitative estimate of drug-likeness (QED) is 0.185. The van der Waals surface area contributed by atoms with Crippen LogP contribution in [0.25, 0.3) is 0 Å². The molecule has 144 valence electrons. The lowest BCUT2D eigenvalue weighted by Crippen LogP contribution is -2.12. The zero-order valence-electron chi connectivity index (χ0n) is 11.6. The third kappa shape index (κ3) is 58.3. The minimum atomic E-state index is -4.64. The predicted octanol–water partition coefficient (Wildman–Crippen LogP) is -3.13. The predicted molar refractivity (Wildman–Crippen MR) is 76.8 cm³/mol. The standard InChI is InChI=1S/C5H7N3O.3H3O4P/c1-3-2-7-5(9)8-4(3)6;3*1-5(2,3)4/h2H,1H3,(H3,6,7,8,9);3*(H3,1,2,3,4). The van der Waals surface area contributed by atoms with E-state index >= 15 is 0 Å². The van der Waals surface area contributed by atoms with Crippen molar-refractivity contribution >= 4 is 29.3 Å². The highest BCUT2D eigenvalue weighted by atomic mass is 31.2. The molecule has 1 rings (SSSR count). The van der Waals surface area contributed by atoms with Crippen LogP contribution < -0.4 is 11.4 Å². The average molecular weight is 419 g/mol. The van der Waals surface area contributed by atoms with Crippen molar-refractivity contribution in [3.63, 3.8) is 0 Å². The van der Waals surface area contributed by atoms with E-state index in [1.165, 1.54) is 6.20 Å². The first-order valence-electron chi connectivity index (χ1n) is 4.86. The molecule has 1 aromatic rings. The summed E-state index contributed by atoms with van der Waals surface area (Å²) >= 11 is 0. The van der Waals surface area contributed by atoms with Crippen LogP contribution in [-0.2, 0) is 13.7 Å². The fraction of sp³-hybridized carbons (Fsp3) is 0.200. The van der Waals surface area contributed by atoms with Crippen molar-refractivity contribution in [3.05, 3.63) is 22.2 Å². The zero-order valence-corrected chi connectivity index (χ0v) is 14.3.